The highest BCUT2D eigenvalue weighted by molar-refractivity contribution is 5.72. The lowest BCUT2D eigenvalue weighted by Gasteiger charge is -2.16. The lowest BCUT2D eigenvalue weighted by Crippen LogP contribution is -2.30. The number of benzene rings is 1. The predicted molar refractivity (Wildman–Crippen MR) is 103 cm³/mol. The van der Waals surface area contributed by atoms with E-state index in [9.17, 15) is 9.90 Å². The van der Waals surface area contributed by atoms with E-state index in [-0.39, 0.29) is 18.7 Å². The first-order valence-corrected chi connectivity index (χ1v) is 8.54. The maximum absolute atomic E-state index is 12.4. The standard InChI is InChI=1S/C20H21N3O4/c1-3-5-14-7-8-17(18(10-14)26-2)27-12-15(24)11-23-13-22-19-16(20(23)25)6-4-9-21-19/h3-10,13,15,24H,11-12H2,1-2H3/b5-3+. The number of ether oxygens (including phenoxy) is 2. The third-order valence-electron chi connectivity index (χ3n) is 3.98. The number of aliphatic hydroxyl groups is 1. The zero-order chi connectivity index (χ0) is 19.2. The van der Waals surface area contributed by atoms with Crippen LogP contribution in [0.25, 0.3) is 17.1 Å². The van der Waals surface area contributed by atoms with Crippen molar-refractivity contribution in [1.29, 1.82) is 0 Å². The van der Waals surface area contributed by atoms with Gasteiger partial charge < -0.3 is 14.6 Å². The third-order valence-corrected chi connectivity index (χ3v) is 3.98. The van der Waals surface area contributed by atoms with Gasteiger partial charge in [-0.05, 0) is 36.8 Å². The molecule has 0 spiro atoms. The lowest BCUT2D eigenvalue weighted by molar-refractivity contribution is 0.0900. The SMILES string of the molecule is C/C=C/c1ccc(OCC(O)Cn2cnc3ncccc3c2=O)c(OC)c1. The van der Waals surface area contributed by atoms with Gasteiger partial charge in [-0.15, -0.1) is 0 Å². The second kappa shape index (κ2) is 8.46. The Balaban J connectivity index is 1.69. The number of fused-ring (bicyclic) bond motifs is 1. The topological polar surface area (TPSA) is 86.5 Å². The highest BCUT2D eigenvalue weighted by Crippen LogP contribution is 2.28. The lowest BCUT2D eigenvalue weighted by atomic mass is 10.2. The Bertz CT molecular complexity index is 1010. The van der Waals surface area contributed by atoms with E-state index in [4.69, 9.17) is 9.47 Å². The zero-order valence-corrected chi connectivity index (χ0v) is 15.2. The third kappa shape index (κ3) is 4.32. The van der Waals surface area contributed by atoms with Crippen molar-refractivity contribution in [3.05, 3.63) is 64.8 Å². The minimum absolute atomic E-state index is 0.0108. The van der Waals surface area contributed by atoms with Gasteiger partial charge >= 0.3 is 0 Å². The number of allylic oxidation sites excluding steroid dienone is 1. The molecular weight excluding hydrogens is 346 g/mol. The van der Waals surface area contributed by atoms with Crippen molar-refractivity contribution in [2.45, 2.75) is 19.6 Å². The van der Waals surface area contributed by atoms with E-state index in [1.54, 1.807) is 31.5 Å². The summed E-state index contributed by atoms with van der Waals surface area (Å²) in [5.41, 5.74) is 1.13. The molecule has 1 atom stereocenters. The molecule has 3 rings (SSSR count). The Morgan fingerprint density at radius 2 is 2.11 bits per heavy atom. The van der Waals surface area contributed by atoms with Crippen LogP contribution in [-0.4, -0.2) is 39.5 Å². The molecule has 0 amide bonds. The minimum Gasteiger partial charge on any atom is -0.493 e. The second-order valence-electron chi connectivity index (χ2n) is 5.95. The number of aliphatic hydroxyl groups excluding tert-OH is 1. The number of nitrogens with zero attached hydrogens (tertiary/aromatic N) is 3. The Kier molecular flexibility index (Phi) is 5.83. The van der Waals surface area contributed by atoms with Crippen LogP contribution < -0.4 is 15.0 Å². The van der Waals surface area contributed by atoms with Crippen molar-refractivity contribution in [2.24, 2.45) is 0 Å². The first-order valence-electron chi connectivity index (χ1n) is 8.54. The van der Waals surface area contributed by atoms with Crippen molar-refractivity contribution in [3.8, 4) is 11.5 Å². The van der Waals surface area contributed by atoms with Gasteiger partial charge in [0.15, 0.2) is 17.1 Å². The molecule has 27 heavy (non-hydrogen) atoms. The van der Waals surface area contributed by atoms with E-state index in [2.05, 4.69) is 9.97 Å². The Labute approximate surface area is 156 Å². The molecule has 1 N–H and O–H groups in total. The Morgan fingerprint density at radius 3 is 2.89 bits per heavy atom. The molecule has 0 saturated heterocycles. The number of hydrogen-bond donors (Lipinski definition) is 1. The summed E-state index contributed by atoms with van der Waals surface area (Å²) in [6.45, 7) is 2.01. The van der Waals surface area contributed by atoms with Crippen molar-refractivity contribution in [2.75, 3.05) is 13.7 Å². The fourth-order valence-electron chi connectivity index (χ4n) is 2.69. The molecule has 2 aromatic heterocycles. The summed E-state index contributed by atoms with van der Waals surface area (Å²) < 4.78 is 12.4. The van der Waals surface area contributed by atoms with Gasteiger partial charge in [0.2, 0.25) is 0 Å². The summed E-state index contributed by atoms with van der Waals surface area (Å²) in [4.78, 5) is 20.6. The number of methoxy groups -OCH3 is 1. The van der Waals surface area contributed by atoms with Gasteiger partial charge in [0.25, 0.3) is 5.56 Å². The number of aromatic nitrogens is 3. The highest BCUT2D eigenvalue weighted by Gasteiger charge is 2.12. The molecule has 140 valence electrons. The molecule has 2 heterocycles. The number of rotatable bonds is 7. The smallest absolute Gasteiger partial charge is 0.262 e. The largest absolute Gasteiger partial charge is 0.493 e. The molecule has 1 aromatic carbocycles. The summed E-state index contributed by atoms with van der Waals surface area (Å²) in [6, 6.07) is 8.88. The number of pyridine rings is 1. The van der Waals surface area contributed by atoms with Crippen molar-refractivity contribution < 1.29 is 14.6 Å². The van der Waals surface area contributed by atoms with Crippen LogP contribution in [0.2, 0.25) is 0 Å². The van der Waals surface area contributed by atoms with E-state index >= 15 is 0 Å². The molecule has 7 heteroatoms. The van der Waals surface area contributed by atoms with Gasteiger partial charge in [-0.25, -0.2) is 9.97 Å². The fourth-order valence-corrected chi connectivity index (χ4v) is 2.69. The van der Waals surface area contributed by atoms with E-state index in [0.29, 0.717) is 22.5 Å². The molecule has 7 nitrogen and oxygen atoms in total. The molecule has 0 bridgehead atoms. The van der Waals surface area contributed by atoms with Crippen LogP contribution in [0.5, 0.6) is 11.5 Å². The molecule has 0 aliphatic carbocycles. The molecule has 0 fully saturated rings. The average Bonchev–Trinajstić information content (AvgIpc) is 2.69. The molecule has 3 aromatic rings. The monoisotopic (exact) mass is 367 g/mol. The van der Waals surface area contributed by atoms with E-state index in [1.165, 1.54) is 10.9 Å². The van der Waals surface area contributed by atoms with Crippen LogP contribution >= 0.6 is 0 Å². The van der Waals surface area contributed by atoms with Crippen molar-refractivity contribution in [3.63, 3.8) is 0 Å². The molecule has 0 aliphatic rings. The van der Waals surface area contributed by atoms with Gasteiger partial charge in [-0.3, -0.25) is 9.36 Å². The molecule has 0 saturated carbocycles. The van der Waals surface area contributed by atoms with Crippen LogP contribution in [0.1, 0.15) is 12.5 Å². The maximum atomic E-state index is 12.4. The average molecular weight is 367 g/mol. The summed E-state index contributed by atoms with van der Waals surface area (Å²) in [5.74, 6) is 1.10. The Morgan fingerprint density at radius 1 is 1.26 bits per heavy atom. The van der Waals surface area contributed by atoms with Gasteiger partial charge in [-0.2, -0.15) is 0 Å². The molecule has 0 radical (unpaired) electrons. The van der Waals surface area contributed by atoms with Crippen molar-refractivity contribution in [1.82, 2.24) is 14.5 Å². The number of hydrogen-bond acceptors (Lipinski definition) is 6. The van der Waals surface area contributed by atoms with Crippen LogP contribution in [0.4, 0.5) is 0 Å². The summed E-state index contributed by atoms with van der Waals surface area (Å²) >= 11 is 0. The Hall–Kier alpha value is -3.19. The zero-order valence-electron chi connectivity index (χ0n) is 15.2. The summed E-state index contributed by atoms with van der Waals surface area (Å²) in [6.07, 6.45) is 5.96. The van der Waals surface area contributed by atoms with Crippen LogP contribution in [0.15, 0.2) is 53.7 Å². The predicted octanol–water partition coefficient (Wildman–Crippen LogP) is 2.27. The van der Waals surface area contributed by atoms with E-state index in [1.807, 2.05) is 31.2 Å². The van der Waals surface area contributed by atoms with Gasteiger partial charge in [-0.1, -0.05) is 18.2 Å². The fraction of sp³-hybridized carbons (Fsp3) is 0.250. The normalized spacial score (nSPS) is 12.4. The molecule has 1 unspecified atom stereocenters. The first kappa shape index (κ1) is 18.6. The first-order chi connectivity index (χ1) is 13.1. The maximum Gasteiger partial charge on any atom is 0.262 e. The van der Waals surface area contributed by atoms with Gasteiger partial charge in [0.05, 0.1) is 19.0 Å². The quantitative estimate of drug-likeness (QED) is 0.689. The summed E-state index contributed by atoms with van der Waals surface area (Å²) in [5, 5.41) is 10.7. The molecular formula is C20H21N3O4. The van der Waals surface area contributed by atoms with E-state index < -0.39 is 6.10 Å². The summed E-state index contributed by atoms with van der Waals surface area (Å²) in [7, 11) is 1.56. The van der Waals surface area contributed by atoms with Gasteiger partial charge in [0.1, 0.15) is 19.0 Å². The van der Waals surface area contributed by atoms with Crippen molar-refractivity contribution >= 4 is 17.1 Å². The highest BCUT2D eigenvalue weighted by atomic mass is 16.5. The van der Waals surface area contributed by atoms with Crippen LogP contribution in [0, 0.1) is 0 Å². The van der Waals surface area contributed by atoms with Crippen LogP contribution in [0.3, 0.4) is 0 Å². The van der Waals surface area contributed by atoms with E-state index in [0.717, 1.165) is 5.56 Å². The second-order valence-corrected chi connectivity index (χ2v) is 5.95. The molecule has 0 aliphatic heterocycles. The van der Waals surface area contributed by atoms with Gasteiger partial charge in [0, 0.05) is 6.20 Å². The minimum atomic E-state index is -0.890. The van der Waals surface area contributed by atoms with Crippen LogP contribution in [-0.2, 0) is 6.54 Å².